The van der Waals surface area contributed by atoms with Crippen molar-refractivity contribution in [2.75, 3.05) is 5.75 Å². The van der Waals surface area contributed by atoms with Crippen LogP contribution in [0.1, 0.15) is 11.3 Å². The van der Waals surface area contributed by atoms with Crippen molar-refractivity contribution in [2.45, 2.75) is 17.3 Å². The predicted octanol–water partition coefficient (Wildman–Crippen LogP) is 2.18. The molecule has 110 valence electrons. The van der Waals surface area contributed by atoms with Gasteiger partial charge in [-0.1, -0.05) is 42.1 Å². The number of carboxylic acid groups (broad SMARTS) is 1. The van der Waals surface area contributed by atoms with Crippen LogP contribution in [-0.4, -0.2) is 27.7 Å². The first-order chi connectivity index (χ1) is 10.1. The Kier molecular flexibility index (Phi) is 5.77. The van der Waals surface area contributed by atoms with Gasteiger partial charge in [-0.25, -0.2) is 4.98 Å². The van der Waals surface area contributed by atoms with Gasteiger partial charge in [0.15, 0.2) is 4.34 Å². The first-order valence-electron chi connectivity index (χ1n) is 6.23. The molecule has 21 heavy (non-hydrogen) atoms. The number of carbonyl (C=O) groups excluding carboxylic acids is 1. The van der Waals surface area contributed by atoms with Crippen molar-refractivity contribution in [1.82, 2.24) is 10.3 Å². The molecule has 1 amide bonds. The summed E-state index contributed by atoms with van der Waals surface area (Å²) >= 11 is 2.67. The highest BCUT2D eigenvalue weighted by Gasteiger charge is 2.08. The molecule has 5 nitrogen and oxygen atoms in total. The van der Waals surface area contributed by atoms with Crippen molar-refractivity contribution in [2.24, 2.45) is 0 Å². The molecule has 1 aromatic heterocycles. The molecule has 1 heterocycles. The second-order valence-electron chi connectivity index (χ2n) is 4.23. The molecule has 0 aliphatic rings. The molecule has 0 atom stereocenters. The van der Waals surface area contributed by atoms with E-state index in [2.05, 4.69) is 10.3 Å². The quantitative estimate of drug-likeness (QED) is 0.764. The topological polar surface area (TPSA) is 79.3 Å². The molecule has 1 aromatic carbocycles. The molecule has 0 radical (unpaired) electrons. The van der Waals surface area contributed by atoms with Gasteiger partial charge in [-0.15, -0.1) is 11.3 Å². The lowest BCUT2D eigenvalue weighted by atomic mass is 10.2. The molecule has 2 N–H and O–H groups in total. The molecule has 0 bridgehead atoms. The summed E-state index contributed by atoms with van der Waals surface area (Å²) in [6.07, 6.45) is -0.0860. The van der Waals surface area contributed by atoms with E-state index < -0.39 is 5.97 Å². The third-order valence-electron chi connectivity index (χ3n) is 2.52. The molecule has 2 rings (SSSR count). The number of carbonyl (C=O) groups is 2. The highest BCUT2D eigenvalue weighted by Crippen LogP contribution is 2.22. The molecular formula is C14H14N2O3S2. The maximum Gasteiger partial charge on any atom is 0.309 e. The Morgan fingerprint density at radius 3 is 2.76 bits per heavy atom. The van der Waals surface area contributed by atoms with Crippen LogP contribution in [-0.2, 0) is 22.6 Å². The lowest BCUT2D eigenvalue weighted by Crippen LogP contribution is -2.24. The van der Waals surface area contributed by atoms with E-state index in [-0.39, 0.29) is 18.1 Å². The number of thiazole rings is 1. The van der Waals surface area contributed by atoms with Crippen LogP contribution >= 0.6 is 23.1 Å². The lowest BCUT2D eigenvalue weighted by molar-refractivity contribution is -0.136. The standard InChI is InChI=1S/C14H14N2O3S2/c17-12(15-7-10-4-2-1-3-5-10)9-21-14-16-11(8-20-14)6-13(18)19/h1-5,8H,6-7,9H2,(H,15,17)(H,18,19). The Hall–Kier alpha value is -1.86. The van der Waals surface area contributed by atoms with Gasteiger partial charge in [0, 0.05) is 11.9 Å². The highest BCUT2D eigenvalue weighted by molar-refractivity contribution is 8.01. The minimum atomic E-state index is -0.905. The van der Waals surface area contributed by atoms with Crippen LogP contribution in [0.5, 0.6) is 0 Å². The van der Waals surface area contributed by atoms with Gasteiger partial charge < -0.3 is 10.4 Å². The zero-order chi connectivity index (χ0) is 15.1. The van der Waals surface area contributed by atoms with Gasteiger partial charge in [0.1, 0.15) is 0 Å². The molecular weight excluding hydrogens is 308 g/mol. The number of benzene rings is 1. The van der Waals surface area contributed by atoms with Crippen molar-refractivity contribution in [1.29, 1.82) is 0 Å². The van der Waals surface area contributed by atoms with E-state index in [4.69, 9.17) is 5.11 Å². The van der Waals surface area contributed by atoms with Crippen LogP contribution in [0.4, 0.5) is 0 Å². The molecule has 0 spiro atoms. The SMILES string of the molecule is O=C(O)Cc1csc(SCC(=O)NCc2ccccc2)n1. The van der Waals surface area contributed by atoms with Gasteiger partial charge in [0.25, 0.3) is 0 Å². The Morgan fingerprint density at radius 2 is 2.05 bits per heavy atom. The average molecular weight is 322 g/mol. The number of aromatic nitrogens is 1. The van der Waals surface area contributed by atoms with Crippen molar-refractivity contribution >= 4 is 35.0 Å². The fraction of sp³-hybridized carbons (Fsp3) is 0.214. The monoisotopic (exact) mass is 322 g/mol. The fourth-order valence-corrected chi connectivity index (χ4v) is 3.24. The van der Waals surface area contributed by atoms with Crippen molar-refractivity contribution in [3.8, 4) is 0 Å². The van der Waals surface area contributed by atoms with Gasteiger partial charge >= 0.3 is 5.97 Å². The summed E-state index contributed by atoms with van der Waals surface area (Å²) in [5.41, 5.74) is 1.58. The van der Waals surface area contributed by atoms with Gasteiger partial charge in [0.05, 0.1) is 17.9 Å². The van der Waals surface area contributed by atoms with Crippen LogP contribution in [0.2, 0.25) is 0 Å². The Morgan fingerprint density at radius 1 is 1.29 bits per heavy atom. The maximum absolute atomic E-state index is 11.7. The largest absolute Gasteiger partial charge is 0.481 e. The fourth-order valence-electron chi connectivity index (χ4n) is 1.57. The molecule has 0 aliphatic carbocycles. The van der Waals surface area contributed by atoms with Crippen LogP contribution < -0.4 is 5.32 Å². The second kappa shape index (κ2) is 7.80. The number of amides is 1. The summed E-state index contributed by atoms with van der Waals surface area (Å²) in [6, 6.07) is 9.68. The van der Waals surface area contributed by atoms with E-state index in [1.165, 1.54) is 23.1 Å². The normalized spacial score (nSPS) is 10.3. The molecule has 0 saturated heterocycles. The number of nitrogens with one attached hydrogen (secondary N) is 1. The van der Waals surface area contributed by atoms with Crippen LogP contribution in [0.3, 0.4) is 0 Å². The van der Waals surface area contributed by atoms with Crippen molar-refractivity contribution < 1.29 is 14.7 Å². The minimum Gasteiger partial charge on any atom is -0.481 e. The number of hydrogen-bond acceptors (Lipinski definition) is 5. The van der Waals surface area contributed by atoms with Gasteiger partial charge in [-0.2, -0.15) is 0 Å². The number of nitrogens with zero attached hydrogens (tertiary/aromatic N) is 1. The van der Waals surface area contributed by atoms with E-state index in [1.807, 2.05) is 30.3 Å². The van der Waals surface area contributed by atoms with Gasteiger partial charge in [0.2, 0.25) is 5.91 Å². The molecule has 0 fully saturated rings. The number of aliphatic carboxylic acids is 1. The summed E-state index contributed by atoms with van der Waals surface area (Å²) in [6.45, 7) is 0.502. The second-order valence-corrected chi connectivity index (χ2v) is 6.31. The molecule has 2 aromatic rings. The van der Waals surface area contributed by atoms with Crippen LogP contribution in [0, 0.1) is 0 Å². The predicted molar refractivity (Wildman–Crippen MR) is 82.5 cm³/mol. The maximum atomic E-state index is 11.7. The summed E-state index contributed by atoms with van der Waals surface area (Å²) < 4.78 is 0.709. The Balaban J connectivity index is 1.73. The number of thioether (sulfide) groups is 1. The third kappa shape index (κ3) is 5.57. The van der Waals surface area contributed by atoms with Crippen LogP contribution in [0.25, 0.3) is 0 Å². The minimum absolute atomic E-state index is 0.0705. The molecule has 7 heteroatoms. The van der Waals surface area contributed by atoms with E-state index in [9.17, 15) is 9.59 Å². The Labute approximate surface area is 130 Å². The van der Waals surface area contributed by atoms with Gasteiger partial charge in [-0.05, 0) is 5.56 Å². The Bertz CT molecular complexity index is 614. The third-order valence-corrected chi connectivity index (χ3v) is 4.59. The van der Waals surface area contributed by atoms with Crippen molar-refractivity contribution in [3.63, 3.8) is 0 Å². The first-order valence-corrected chi connectivity index (χ1v) is 8.09. The molecule has 0 aliphatic heterocycles. The average Bonchev–Trinajstić information content (AvgIpc) is 2.91. The number of rotatable bonds is 7. The van der Waals surface area contributed by atoms with Gasteiger partial charge in [-0.3, -0.25) is 9.59 Å². The summed E-state index contributed by atoms with van der Waals surface area (Å²) in [5, 5.41) is 13.2. The first kappa shape index (κ1) is 15.5. The van der Waals surface area contributed by atoms with Crippen LogP contribution in [0.15, 0.2) is 40.1 Å². The number of carboxylic acids is 1. The molecule has 0 unspecified atom stereocenters. The smallest absolute Gasteiger partial charge is 0.309 e. The summed E-state index contributed by atoms with van der Waals surface area (Å²) in [7, 11) is 0. The van der Waals surface area contributed by atoms with Crippen molar-refractivity contribution in [3.05, 3.63) is 47.0 Å². The summed E-state index contributed by atoms with van der Waals surface area (Å²) in [4.78, 5) is 26.4. The molecule has 0 saturated carbocycles. The van der Waals surface area contributed by atoms with E-state index in [1.54, 1.807) is 5.38 Å². The lowest BCUT2D eigenvalue weighted by Gasteiger charge is -2.04. The highest BCUT2D eigenvalue weighted by atomic mass is 32.2. The van der Waals surface area contributed by atoms with E-state index in [0.717, 1.165) is 5.56 Å². The zero-order valence-corrected chi connectivity index (χ0v) is 12.7. The number of hydrogen-bond donors (Lipinski definition) is 2. The zero-order valence-electron chi connectivity index (χ0n) is 11.1. The van der Waals surface area contributed by atoms with E-state index in [0.29, 0.717) is 16.6 Å². The van der Waals surface area contributed by atoms with E-state index >= 15 is 0 Å². The summed E-state index contributed by atoms with van der Waals surface area (Å²) in [5.74, 6) is -0.705.